The minimum atomic E-state index is 0.0354. The normalized spacial score (nSPS) is 10.8. The molecule has 2 aromatic carbocycles. The van der Waals surface area contributed by atoms with Gasteiger partial charge in [-0.05, 0) is 42.2 Å². The number of aromatic hydroxyl groups is 1. The van der Waals surface area contributed by atoms with Crippen LogP contribution in [-0.2, 0) is 17.6 Å². The Balaban J connectivity index is 1.46. The van der Waals surface area contributed by atoms with Gasteiger partial charge in [0.1, 0.15) is 5.75 Å². The molecule has 118 valence electrons. The first-order valence-corrected chi connectivity index (χ1v) is 7.82. The second-order valence-corrected chi connectivity index (χ2v) is 5.63. The molecule has 1 amide bonds. The van der Waals surface area contributed by atoms with Gasteiger partial charge < -0.3 is 15.4 Å². The van der Waals surface area contributed by atoms with Gasteiger partial charge in [0.05, 0.1) is 0 Å². The van der Waals surface area contributed by atoms with E-state index in [1.54, 1.807) is 18.2 Å². The lowest BCUT2D eigenvalue weighted by molar-refractivity contribution is -0.121. The largest absolute Gasteiger partial charge is 0.508 e. The Hall–Kier alpha value is -2.75. The number of nitrogens with one attached hydrogen (secondary N) is 2. The number of aromatic nitrogens is 1. The zero-order valence-electron chi connectivity index (χ0n) is 12.9. The van der Waals surface area contributed by atoms with E-state index in [1.807, 2.05) is 30.5 Å². The van der Waals surface area contributed by atoms with Gasteiger partial charge in [-0.1, -0.05) is 30.3 Å². The number of rotatable bonds is 6. The standard InChI is InChI=1S/C19H20N2O2/c22-16-5-3-4-14(12-16)8-9-19(23)20-11-10-15-13-21-18-7-2-1-6-17(15)18/h1-7,12-13,21-22H,8-11H2,(H,20,23). The summed E-state index contributed by atoms with van der Waals surface area (Å²) in [5, 5.41) is 13.6. The maximum atomic E-state index is 11.9. The van der Waals surface area contributed by atoms with E-state index >= 15 is 0 Å². The van der Waals surface area contributed by atoms with Crippen LogP contribution in [0.1, 0.15) is 17.5 Å². The predicted octanol–water partition coefficient (Wildman–Crippen LogP) is 3.17. The van der Waals surface area contributed by atoms with Gasteiger partial charge in [-0.15, -0.1) is 0 Å². The molecular weight excluding hydrogens is 288 g/mol. The van der Waals surface area contributed by atoms with Gasteiger partial charge in [0, 0.05) is 30.1 Å². The molecule has 0 bridgehead atoms. The molecule has 23 heavy (non-hydrogen) atoms. The summed E-state index contributed by atoms with van der Waals surface area (Å²) in [6.07, 6.45) is 3.87. The highest BCUT2D eigenvalue weighted by Crippen LogP contribution is 2.17. The van der Waals surface area contributed by atoms with Crippen molar-refractivity contribution in [2.75, 3.05) is 6.54 Å². The van der Waals surface area contributed by atoms with Crippen molar-refractivity contribution in [2.24, 2.45) is 0 Å². The van der Waals surface area contributed by atoms with Gasteiger partial charge >= 0.3 is 0 Å². The van der Waals surface area contributed by atoms with Crippen molar-refractivity contribution in [1.82, 2.24) is 10.3 Å². The summed E-state index contributed by atoms with van der Waals surface area (Å²) in [5.41, 5.74) is 3.31. The number of H-pyrrole nitrogens is 1. The highest BCUT2D eigenvalue weighted by Gasteiger charge is 2.05. The molecule has 1 aromatic heterocycles. The fraction of sp³-hybridized carbons (Fsp3) is 0.211. The number of phenolic OH excluding ortho intramolecular Hbond substituents is 1. The van der Waals surface area contributed by atoms with Gasteiger partial charge in [-0.2, -0.15) is 0 Å². The maximum absolute atomic E-state index is 11.9. The summed E-state index contributed by atoms with van der Waals surface area (Å²) >= 11 is 0. The van der Waals surface area contributed by atoms with E-state index in [-0.39, 0.29) is 11.7 Å². The SMILES string of the molecule is O=C(CCc1cccc(O)c1)NCCc1c[nH]c2ccccc12. The van der Waals surface area contributed by atoms with Crippen LogP contribution in [0.3, 0.4) is 0 Å². The summed E-state index contributed by atoms with van der Waals surface area (Å²) < 4.78 is 0. The fourth-order valence-corrected chi connectivity index (χ4v) is 2.73. The summed E-state index contributed by atoms with van der Waals surface area (Å²) in [5.74, 6) is 0.274. The summed E-state index contributed by atoms with van der Waals surface area (Å²) in [7, 11) is 0. The molecule has 4 nitrogen and oxygen atoms in total. The molecule has 0 aliphatic heterocycles. The number of hydrogen-bond acceptors (Lipinski definition) is 2. The van der Waals surface area contributed by atoms with E-state index in [2.05, 4.69) is 16.4 Å². The van der Waals surface area contributed by atoms with Crippen LogP contribution in [0.4, 0.5) is 0 Å². The van der Waals surface area contributed by atoms with Gasteiger partial charge in [0.25, 0.3) is 0 Å². The second kappa shape index (κ2) is 7.01. The van der Waals surface area contributed by atoms with Crippen LogP contribution in [-0.4, -0.2) is 22.5 Å². The van der Waals surface area contributed by atoms with Crippen molar-refractivity contribution in [1.29, 1.82) is 0 Å². The van der Waals surface area contributed by atoms with Crippen LogP contribution in [0.15, 0.2) is 54.7 Å². The number of fused-ring (bicyclic) bond motifs is 1. The Morgan fingerprint density at radius 1 is 1.09 bits per heavy atom. The Morgan fingerprint density at radius 3 is 2.83 bits per heavy atom. The number of benzene rings is 2. The zero-order valence-corrected chi connectivity index (χ0v) is 12.9. The van der Waals surface area contributed by atoms with Gasteiger partial charge in [0.2, 0.25) is 5.91 Å². The molecule has 4 heteroatoms. The molecule has 1 heterocycles. The highest BCUT2D eigenvalue weighted by molar-refractivity contribution is 5.83. The minimum absolute atomic E-state index is 0.0354. The molecule has 0 aliphatic carbocycles. The topological polar surface area (TPSA) is 65.1 Å². The Morgan fingerprint density at radius 2 is 1.96 bits per heavy atom. The smallest absolute Gasteiger partial charge is 0.220 e. The van der Waals surface area contributed by atoms with Crippen molar-refractivity contribution in [3.63, 3.8) is 0 Å². The molecule has 0 fully saturated rings. The Bertz CT molecular complexity index is 808. The summed E-state index contributed by atoms with van der Waals surface area (Å²) in [4.78, 5) is 15.2. The summed E-state index contributed by atoms with van der Waals surface area (Å²) in [6.45, 7) is 0.626. The van der Waals surface area contributed by atoms with Crippen LogP contribution in [0.5, 0.6) is 5.75 Å². The van der Waals surface area contributed by atoms with Crippen LogP contribution in [0, 0.1) is 0 Å². The number of carbonyl (C=O) groups is 1. The Kier molecular flexibility index (Phi) is 4.62. The molecule has 3 aromatic rings. The molecule has 0 spiro atoms. The molecular formula is C19H20N2O2. The molecule has 3 N–H and O–H groups in total. The number of hydrogen-bond donors (Lipinski definition) is 3. The molecule has 3 rings (SSSR count). The molecule has 0 aliphatic rings. The zero-order chi connectivity index (χ0) is 16.1. The van der Waals surface area contributed by atoms with E-state index in [0.717, 1.165) is 17.5 Å². The lowest BCUT2D eigenvalue weighted by atomic mass is 10.1. The molecule has 0 saturated heterocycles. The average Bonchev–Trinajstić information content (AvgIpc) is 2.97. The lowest BCUT2D eigenvalue weighted by Gasteiger charge is -2.05. The van der Waals surface area contributed by atoms with Crippen LogP contribution >= 0.6 is 0 Å². The highest BCUT2D eigenvalue weighted by atomic mass is 16.3. The minimum Gasteiger partial charge on any atom is -0.508 e. The van der Waals surface area contributed by atoms with Crippen molar-refractivity contribution in [2.45, 2.75) is 19.3 Å². The van der Waals surface area contributed by atoms with Crippen molar-refractivity contribution >= 4 is 16.8 Å². The third kappa shape index (κ3) is 3.92. The van der Waals surface area contributed by atoms with E-state index in [1.165, 1.54) is 10.9 Å². The van der Waals surface area contributed by atoms with Crippen molar-refractivity contribution in [3.05, 3.63) is 65.9 Å². The number of aryl methyl sites for hydroxylation is 1. The van der Waals surface area contributed by atoms with E-state index in [9.17, 15) is 9.90 Å². The first-order chi connectivity index (χ1) is 11.2. The van der Waals surface area contributed by atoms with E-state index in [4.69, 9.17) is 0 Å². The maximum Gasteiger partial charge on any atom is 0.220 e. The van der Waals surface area contributed by atoms with E-state index < -0.39 is 0 Å². The first kappa shape index (κ1) is 15.2. The van der Waals surface area contributed by atoms with Crippen molar-refractivity contribution in [3.8, 4) is 5.75 Å². The second-order valence-electron chi connectivity index (χ2n) is 5.63. The number of carbonyl (C=O) groups excluding carboxylic acids is 1. The molecule has 0 atom stereocenters. The number of amides is 1. The number of aromatic amines is 1. The van der Waals surface area contributed by atoms with Crippen LogP contribution in [0.25, 0.3) is 10.9 Å². The van der Waals surface area contributed by atoms with E-state index in [0.29, 0.717) is 19.4 Å². The van der Waals surface area contributed by atoms with Gasteiger partial charge in [0.15, 0.2) is 0 Å². The van der Waals surface area contributed by atoms with Crippen LogP contribution < -0.4 is 5.32 Å². The lowest BCUT2D eigenvalue weighted by Crippen LogP contribution is -2.25. The third-order valence-electron chi connectivity index (χ3n) is 3.94. The fourth-order valence-electron chi connectivity index (χ4n) is 2.73. The first-order valence-electron chi connectivity index (χ1n) is 7.82. The Labute approximate surface area is 135 Å². The van der Waals surface area contributed by atoms with Gasteiger partial charge in [-0.3, -0.25) is 4.79 Å². The predicted molar refractivity (Wildman–Crippen MR) is 91.4 cm³/mol. The number of phenols is 1. The van der Waals surface area contributed by atoms with Crippen LogP contribution in [0.2, 0.25) is 0 Å². The van der Waals surface area contributed by atoms with Gasteiger partial charge in [-0.25, -0.2) is 0 Å². The number of para-hydroxylation sites is 1. The molecule has 0 radical (unpaired) electrons. The average molecular weight is 308 g/mol. The monoisotopic (exact) mass is 308 g/mol. The van der Waals surface area contributed by atoms with Crippen molar-refractivity contribution < 1.29 is 9.90 Å². The third-order valence-corrected chi connectivity index (χ3v) is 3.94. The molecule has 0 saturated carbocycles. The summed E-state index contributed by atoms with van der Waals surface area (Å²) in [6, 6.07) is 15.2. The quantitative estimate of drug-likeness (QED) is 0.655. The molecule has 0 unspecified atom stereocenters.